The predicted octanol–water partition coefficient (Wildman–Crippen LogP) is 1.24. The largest absolute Gasteiger partial charge is 0.368 e. The van der Waals surface area contributed by atoms with Crippen molar-refractivity contribution < 1.29 is 13.6 Å². The first kappa shape index (κ1) is 12.0. The van der Waals surface area contributed by atoms with Gasteiger partial charge < -0.3 is 5.73 Å². The quantitative estimate of drug-likeness (QED) is 0.845. The molecule has 1 aromatic rings. The molecule has 2 N–H and O–H groups in total. The molecule has 1 unspecified atom stereocenters. The number of benzene rings is 1. The summed E-state index contributed by atoms with van der Waals surface area (Å²) in [6.45, 7) is 0.624. The third-order valence-electron chi connectivity index (χ3n) is 3.29. The van der Waals surface area contributed by atoms with Gasteiger partial charge in [0.05, 0.1) is 6.04 Å². The van der Waals surface area contributed by atoms with E-state index in [1.54, 1.807) is 13.1 Å². The van der Waals surface area contributed by atoms with Crippen molar-refractivity contribution in [2.24, 2.45) is 5.73 Å². The molecule has 1 amide bonds. The van der Waals surface area contributed by atoms with Gasteiger partial charge in [-0.25, -0.2) is 8.78 Å². The van der Waals surface area contributed by atoms with Crippen LogP contribution in [-0.4, -0.2) is 30.4 Å². The number of nitrogens with two attached hydrogens (primary N) is 1. The van der Waals surface area contributed by atoms with Crippen LogP contribution in [-0.2, 0) is 4.79 Å². The molecular formula is C12H14F2N2O. The molecule has 1 aromatic carbocycles. The average Bonchev–Trinajstić information content (AvgIpc) is 2.64. The van der Waals surface area contributed by atoms with Crippen molar-refractivity contribution in [3.63, 3.8) is 0 Å². The Hall–Kier alpha value is -1.49. The predicted molar refractivity (Wildman–Crippen MR) is 59.3 cm³/mol. The first-order chi connectivity index (χ1) is 7.99. The van der Waals surface area contributed by atoms with Crippen LogP contribution in [0.1, 0.15) is 17.9 Å². The Morgan fingerprint density at radius 2 is 2.12 bits per heavy atom. The molecule has 1 aliphatic heterocycles. The number of likely N-dealkylation sites (N-methyl/N-ethyl adjacent to an activating group) is 1. The summed E-state index contributed by atoms with van der Waals surface area (Å²) >= 11 is 0. The summed E-state index contributed by atoms with van der Waals surface area (Å²) in [4.78, 5) is 13.0. The highest BCUT2D eigenvalue weighted by Gasteiger charge is 2.34. The third kappa shape index (κ3) is 2.29. The molecule has 0 bridgehead atoms. The standard InChI is InChI=1S/C12H14F2N2O/c1-16-6-8(5-11(16)12(15)17)7-2-3-9(13)10(14)4-7/h2-4,8,11H,5-6H2,1H3,(H2,15,17)/t8-,11?/m0/s1. The highest BCUT2D eigenvalue weighted by molar-refractivity contribution is 5.80. The lowest BCUT2D eigenvalue weighted by Gasteiger charge is -2.14. The number of carbonyl (C=O) groups excluding carboxylic acids is 1. The number of hydrogen-bond donors (Lipinski definition) is 1. The van der Waals surface area contributed by atoms with E-state index in [0.29, 0.717) is 18.5 Å². The third-order valence-corrected chi connectivity index (χ3v) is 3.29. The topological polar surface area (TPSA) is 46.3 Å². The second-order valence-electron chi connectivity index (χ2n) is 4.46. The Morgan fingerprint density at radius 1 is 1.41 bits per heavy atom. The van der Waals surface area contributed by atoms with Gasteiger partial charge in [0.2, 0.25) is 5.91 Å². The molecular weight excluding hydrogens is 226 g/mol. The van der Waals surface area contributed by atoms with Gasteiger partial charge in [0.15, 0.2) is 11.6 Å². The molecule has 2 rings (SSSR count). The van der Waals surface area contributed by atoms with E-state index in [9.17, 15) is 13.6 Å². The molecule has 1 fully saturated rings. The van der Waals surface area contributed by atoms with Crippen LogP contribution in [0.2, 0.25) is 0 Å². The second-order valence-corrected chi connectivity index (χ2v) is 4.46. The molecule has 0 aliphatic carbocycles. The number of hydrogen-bond acceptors (Lipinski definition) is 2. The van der Waals surface area contributed by atoms with Crippen molar-refractivity contribution in [1.82, 2.24) is 4.90 Å². The van der Waals surface area contributed by atoms with E-state index in [-0.39, 0.29) is 17.9 Å². The highest BCUT2D eigenvalue weighted by atomic mass is 19.2. The first-order valence-electron chi connectivity index (χ1n) is 5.43. The number of nitrogens with zero attached hydrogens (tertiary/aromatic N) is 1. The zero-order valence-electron chi connectivity index (χ0n) is 9.49. The zero-order chi connectivity index (χ0) is 12.6. The second kappa shape index (κ2) is 4.41. The zero-order valence-corrected chi connectivity index (χ0v) is 9.49. The number of carbonyl (C=O) groups is 1. The lowest BCUT2D eigenvalue weighted by Crippen LogP contribution is -2.37. The number of amides is 1. The van der Waals surface area contributed by atoms with Crippen LogP contribution >= 0.6 is 0 Å². The molecule has 0 radical (unpaired) electrons. The molecule has 17 heavy (non-hydrogen) atoms. The molecule has 1 saturated heterocycles. The normalized spacial score (nSPS) is 25.1. The van der Waals surface area contributed by atoms with Crippen molar-refractivity contribution in [1.29, 1.82) is 0 Å². The number of rotatable bonds is 2. The van der Waals surface area contributed by atoms with Gasteiger partial charge in [-0.2, -0.15) is 0 Å². The van der Waals surface area contributed by atoms with Crippen molar-refractivity contribution in [2.45, 2.75) is 18.4 Å². The minimum atomic E-state index is -0.855. The molecule has 3 nitrogen and oxygen atoms in total. The maximum Gasteiger partial charge on any atom is 0.234 e. The molecule has 0 aromatic heterocycles. The van der Waals surface area contributed by atoms with Crippen LogP contribution in [0.4, 0.5) is 8.78 Å². The van der Waals surface area contributed by atoms with Crippen molar-refractivity contribution in [2.75, 3.05) is 13.6 Å². The van der Waals surface area contributed by atoms with Crippen LogP contribution in [0.5, 0.6) is 0 Å². The lowest BCUT2D eigenvalue weighted by atomic mass is 9.96. The summed E-state index contributed by atoms with van der Waals surface area (Å²) < 4.78 is 25.9. The first-order valence-corrected chi connectivity index (χ1v) is 5.43. The van der Waals surface area contributed by atoms with Gasteiger partial charge in [0.1, 0.15) is 0 Å². The summed E-state index contributed by atoms with van der Waals surface area (Å²) in [6, 6.07) is 3.54. The molecule has 1 aliphatic rings. The van der Waals surface area contributed by atoms with E-state index in [0.717, 1.165) is 6.07 Å². The summed E-state index contributed by atoms with van der Waals surface area (Å²) in [5, 5.41) is 0. The van der Waals surface area contributed by atoms with Gasteiger partial charge in [-0.3, -0.25) is 9.69 Å². The van der Waals surface area contributed by atoms with Crippen LogP contribution < -0.4 is 5.73 Å². The van der Waals surface area contributed by atoms with E-state index in [4.69, 9.17) is 5.73 Å². The molecule has 92 valence electrons. The van der Waals surface area contributed by atoms with Gasteiger partial charge in [-0.15, -0.1) is 0 Å². The van der Waals surface area contributed by atoms with Gasteiger partial charge in [-0.05, 0) is 37.1 Å². The van der Waals surface area contributed by atoms with Gasteiger partial charge in [0.25, 0.3) is 0 Å². The maximum atomic E-state index is 13.1. The van der Waals surface area contributed by atoms with Crippen molar-refractivity contribution in [3.05, 3.63) is 35.4 Å². The van der Waals surface area contributed by atoms with E-state index in [1.807, 2.05) is 4.90 Å². The number of halogens is 2. The Labute approximate surface area is 98.2 Å². The fraction of sp³-hybridized carbons (Fsp3) is 0.417. The molecule has 2 atom stereocenters. The fourth-order valence-electron chi connectivity index (χ4n) is 2.34. The summed E-state index contributed by atoms with van der Waals surface area (Å²) in [5.41, 5.74) is 5.98. The Morgan fingerprint density at radius 3 is 2.65 bits per heavy atom. The van der Waals surface area contributed by atoms with E-state index < -0.39 is 11.6 Å². The van der Waals surface area contributed by atoms with E-state index in [1.165, 1.54) is 6.07 Å². The van der Waals surface area contributed by atoms with Crippen LogP contribution in [0.15, 0.2) is 18.2 Å². The van der Waals surface area contributed by atoms with E-state index in [2.05, 4.69) is 0 Å². The van der Waals surface area contributed by atoms with Gasteiger partial charge >= 0.3 is 0 Å². The molecule has 5 heteroatoms. The van der Waals surface area contributed by atoms with Crippen LogP contribution in [0.25, 0.3) is 0 Å². The Kier molecular flexibility index (Phi) is 3.11. The average molecular weight is 240 g/mol. The summed E-state index contributed by atoms with van der Waals surface area (Å²) in [7, 11) is 1.80. The smallest absolute Gasteiger partial charge is 0.234 e. The molecule has 1 heterocycles. The van der Waals surface area contributed by atoms with Crippen molar-refractivity contribution >= 4 is 5.91 Å². The SMILES string of the molecule is CN1C[C@@H](c2ccc(F)c(F)c2)CC1C(N)=O. The maximum absolute atomic E-state index is 13.1. The van der Waals surface area contributed by atoms with Gasteiger partial charge in [0, 0.05) is 6.54 Å². The Bertz CT molecular complexity index is 450. The summed E-state index contributed by atoms with van der Waals surface area (Å²) in [6.07, 6.45) is 0.552. The monoisotopic (exact) mass is 240 g/mol. The number of likely N-dealkylation sites (tertiary alicyclic amines) is 1. The molecule has 0 spiro atoms. The molecule has 0 saturated carbocycles. The number of primary amides is 1. The van der Waals surface area contributed by atoms with E-state index >= 15 is 0 Å². The summed E-state index contributed by atoms with van der Waals surface area (Å²) in [5.74, 6) is -2.07. The highest BCUT2D eigenvalue weighted by Crippen LogP contribution is 2.31. The lowest BCUT2D eigenvalue weighted by molar-refractivity contribution is -0.121. The minimum Gasteiger partial charge on any atom is -0.368 e. The van der Waals surface area contributed by atoms with Gasteiger partial charge in [-0.1, -0.05) is 6.07 Å². The fourth-order valence-corrected chi connectivity index (χ4v) is 2.34. The minimum absolute atomic E-state index is 0.0209. The Balaban J connectivity index is 2.19. The van der Waals surface area contributed by atoms with Crippen molar-refractivity contribution in [3.8, 4) is 0 Å². The van der Waals surface area contributed by atoms with Crippen LogP contribution in [0, 0.1) is 11.6 Å². The van der Waals surface area contributed by atoms with Crippen LogP contribution in [0.3, 0.4) is 0 Å².